The highest BCUT2D eigenvalue weighted by Crippen LogP contribution is 2.27. The van der Waals surface area contributed by atoms with Gasteiger partial charge >= 0.3 is 0 Å². The van der Waals surface area contributed by atoms with Crippen molar-refractivity contribution in [3.05, 3.63) is 58.6 Å². The van der Waals surface area contributed by atoms with Gasteiger partial charge in [-0.2, -0.15) is 0 Å². The Bertz CT molecular complexity index is 761. The summed E-state index contributed by atoms with van der Waals surface area (Å²) in [5, 5.41) is 1.19. The number of anilines is 1. The zero-order valence-electron chi connectivity index (χ0n) is 11.7. The first-order chi connectivity index (χ1) is 10.3. The molecule has 1 aliphatic rings. The van der Waals surface area contributed by atoms with Crippen molar-refractivity contribution < 1.29 is 0 Å². The topological polar surface area (TPSA) is 42.1 Å². The minimum absolute atomic E-state index is 0.910. The van der Waals surface area contributed by atoms with Crippen LogP contribution in [0.4, 0.5) is 5.69 Å². The van der Waals surface area contributed by atoms with Crippen molar-refractivity contribution in [2.75, 3.05) is 12.3 Å². The number of hydrogen-bond acceptors (Lipinski definition) is 4. The third-order valence-corrected chi connectivity index (χ3v) is 5.11. The van der Waals surface area contributed by atoms with Crippen molar-refractivity contribution >= 4 is 27.2 Å². The van der Waals surface area contributed by atoms with Crippen LogP contribution in [0.5, 0.6) is 0 Å². The summed E-state index contributed by atoms with van der Waals surface area (Å²) in [4.78, 5) is 7.17. The first kappa shape index (κ1) is 12.8. The number of nitrogen functional groups attached to an aromatic ring is 1. The van der Waals surface area contributed by atoms with E-state index >= 15 is 0 Å². The van der Waals surface area contributed by atoms with Gasteiger partial charge in [-0.1, -0.05) is 24.3 Å². The van der Waals surface area contributed by atoms with Gasteiger partial charge in [0.15, 0.2) is 0 Å². The lowest BCUT2D eigenvalue weighted by Gasteiger charge is -2.28. The second-order valence-corrected chi connectivity index (χ2v) is 6.64. The summed E-state index contributed by atoms with van der Waals surface area (Å²) in [5.74, 6) is 0. The molecule has 21 heavy (non-hydrogen) atoms. The average Bonchev–Trinajstić information content (AvgIpc) is 2.90. The van der Waals surface area contributed by atoms with Gasteiger partial charge in [-0.05, 0) is 35.7 Å². The summed E-state index contributed by atoms with van der Waals surface area (Å²) in [5.41, 5.74) is 10.8. The summed E-state index contributed by atoms with van der Waals surface area (Å²) >= 11 is 1.79. The number of nitrogens with two attached hydrogens (primary N) is 1. The van der Waals surface area contributed by atoms with E-state index in [4.69, 9.17) is 10.7 Å². The zero-order valence-corrected chi connectivity index (χ0v) is 12.6. The monoisotopic (exact) mass is 295 g/mol. The Morgan fingerprint density at radius 1 is 1.14 bits per heavy atom. The van der Waals surface area contributed by atoms with Gasteiger partial charge in [-0.25, -0.2) is 4.98 Å². The van der Waals surface area contributed by atoms with Gasteiger partial charge in [0.1, 0.15) is 5.01 Å². The van der Waals surface area contributed by atoms with E-state index in [-0.39, 0.29) is 0 Å². The maximum absolute atomic E-state index is 6.12. The first-order valence-corrected chi connectivity index (χ1v) is 8.04. The minimum atomic E-state index is 0.910. The highest BCUT2D eigenvalue weighted by molar-refractivity contribution is 7.18. The Morgan fingerprint density at radius 3 is 2.95 bits per heavy atom. The summed E-state index contributed by atoms with van der Waals surface area (Å²) < 4.78 is 1.27. The lowest BCUT2D eigenvalue weighted by atomic mass is 9.98. The van der Waals surface area contributed by atoms with E-state index in [1.54, 1.807) is 11.3 Å². The fraction of sp³-hybridized carbons (Fsp3) is 0.235. The van der Waals surface area contributed by atoms with Crippen molar-refractivity contribution in [3.8, 4) is 0 Å². The van der Waals surface area contributed by atoms with E-state index in [0.717, 1.165) is 37.3 Å². The Kier molecular flexibility index (Phi) is 3.13. The Balaban J connectivity index is 1.57. The molecule has 2 N–H and O–H groups in total. The van der Waals surface area contributed by atoms with Gasteiger partial charge < -0.3 is 5.73 Å². The van der Waals surface area contributed by atoms with E-state index in [9.17, 15) is 0 Å². The molecule has 0 amide bonds. The molecule has 0 aliphatic carbocycles. The van der Waals surface area contributed by atoms with Crippen LogP contribution in [0.25, 0.3) is 10.2 Å². The van der Waals surface area contributed by atoms with Gasteiger partial charge in [-0.15, -0.1) is 11.3 Å². The molecule has 4 heteroatoms. The third kappa shape index (κ3) is 2.41. The molecule has 3 aromatic rings. The van der Waals surface area contributed by atoms with Gasteiger partial charge in [0.2, 0.25) is 0 Å². The fourth-order valence-electron chi connectivity index (χ4n) is 2.98. The maximum atomic E-state index is 6.12. The number of nitrogens with zero attached hydrogens (tertiary/aromatic N) is 2. The fourth-order valence-corrected chi connectivity index (χ4v) is 3.99. The van der Waals surface area contributed by atoms with Crippen LogP contribution < -0.4 is 5.73 Å². The van der Waals surface area contributed by atoms with E-state index in [1.165, 1.54) is 20.8 Å². The molecule has 0 saturated heterocycles. The third-order valence-electron chi connectivity index (χ3n) is 4.09. The number of aromatic nitrogens is 1. The zero-order chi connectivity index (χ0) is 14.2. The van der Waals surface area contributed by atoms with Crippen molar-refractivity contribution in [2.45, 2.75) is 19.5 Å². The van der Waals surface area contributed by atoms with Crippen molar-refractivity contribution in [1.82, 2.24) is 9.88 Å². The van der Waals surface area contributed by atoms with Crippen LogP contribution in [0.1, 0.15) is 16.1 Å². The second-order valence-electron chi connectivity index (χ2n) is 5.52. The summed E-state index contributed by atoms with van der Waals surface area (Å²) in [6, 6.07) is 14.6. The van der Waals surface area contributed by atoms with Gasteiger partial charge in [0.25, 0.3) is 0 Å². The molecule has 1 aliphatic heterocycles. The second kappa shape index (κ2) is 5.13. The quantitative estimate of drug-likeness (QED) is 0.736. The number of rotatable bonds is 2. The molecule has 0 bridgehead atoms. The van der Waals surface area contributed by atoms with E-state index < -0.39 is 0 Å². The Morgan fingerprint density at radius 2 is 2.05 bits per heavy atom. The molecule has 3 nitrogen and oxygen atoms in total. The Hall–Kier alpha value is -1.91. The lowest BCUT2D eigenvalue weighted by molar-refractivity contribution is 0.246. The molecule has 0 saturated carbocycles. The molecule has 2 heterocycles. The normalized spacial score (nSPS) is 15.2. The lowest BCUT2D eigenvalue weighted by Crippen LogP contribution is -2.30. The minimum Gasteiger partial charge on any atom is -0.398 e. The van der Waals surface area contributed by atoms with E-state index in [0.29, 0.717) is 0 Å². The predicted molar refractivity (Wildman–Crippen MR) is 88.3 cm³/mol. The van der Waals surface area contributed by atoms with Crippen LogP contribution in [0, 0.1) is 0 Å². The SMILES string of the molecule is Nc1cccc2c1CN(Cc1nc3ccccc3s1)CC2. The van der Waals surface area contributed by atoms with Gasteiger partial charge in [0, 0.05) is 18.8 Å². The molecule has 4 rings (SSSR count). The van der Waals surface area contributed by atoms with Crippen LogP contribution in [0.15, 0.2) is 42.5 Å². The van der Waals surface area contributed by atoms with Crippen molar-refractivity contribution in [3.63, 3.8) is 0 Å². The predicted octanol–water partition coefficient (Wildman–Crippen LogP) is 3.44. The number of fused-ring (bicyclic) bond motifs is 2. The van der Waals surface area contributed by atoms with Crippen LogP contribution in [-0.4, -0.2) is 16.4 Å². The van der Waals surface area contributed by atoms with Crippen LogP contribution in [0.3, 0.4) is 0 Å². The smallest absolute Gasteiger partial charge is 0.108 e. The molecule has 0 atom stereocenters. The number of para-hydroxylation sites is 1. The molecular formula is C17H17N3S. The van der Waals surface area contributed by atoms with Gasteiger partial charge in [0.05, 0.1) is 16.8 Å². The first-order valence-electron chi connectivity index (χ1n) is 7.22. The van der Waals surface area contributed by atoms with Crippen molar-refractivity contribution in [2.24, 2.45) is 0 Å². The highest BCUT2D eigenvalue weighted by atomic mass is 32.1. The average molecular weight is 295 g/mol. The summed E-state index contributed by atoms with van der Waals surface area (Å²) in [7, 11) is 0. The standard InChI is InChI=1S/C17H17N3S/c18-14-5-3-4-12-8-9-20(10-13(12)14)11-17-19-15-6-1-2-7-16(15)21-17/h1-7H,8-11,18H2. The van der Waals surface area contributed by atoms with Crippen LogP contribution in [0.2, 0.25) is 0 Å². The van der Waals surface area contributed by atoms with E-state index in [1.807, 2.05) is 12.1 Å². The number of thiazole rings is 1. The largest absolute Gasteiger partial charge is 0.398 e. The summed E-state index contributed by atoms with van der Waals surface area (Å²) in [6.45, 7) is 2.91. The molecule has 0 spiro atoms. The van der Waals surface area contributed by atoms with E-state index in [2.05, 4.69) is 35.2 Å². The number of benzene rings is 2. The molecular weight excluding hydrogens is 278 g/mol. The number of hydrogen-bond donors (Lipinski definition) is 1. The Labute approximate surface area is 128 Å². The highest BCUT2D eigenvalue weighted by Gasteiger charge is 2.19. The molecule has 0 fully saturated rings. The summed E-state index contributed by atoms with van der Waals surface area (Å²) in [6.07, 6.45) is 1.07. The van der Waals surface area contributed by atoms with Crippen LogP contribution >= 0.6 is 11.3 Å². The van der Waals surface area contributed by atoms with Gasteiger partial charge in [-0.3, -0.25) is 4.90 Å². The molecule has 1 aromatic heterocycles. The molecule has 2 aromatic carbocycles. The molecule has 106 valence electrons. The molecule has 0 unspecified atom stereocenters. The van der Waals surface area contributed by atoms with Crippen molar-refractivity contribution in [1.29, 1.82) is 0 Å². The molecule has 0 radical (unpaired) electrons. The maximum Gasteiger partial charge on any atom is 0.108 e. The van der Waals surface area contributed by atoms with Crippen LogP contribution in [-0.2, 0) is 19.5 Å².